The SMILES string of the molecule is CN(C)C(=O)c1ccc(-c2ccnc3c2ccn3C)o1. The van der Waals surface area contributed by atoms with Gasteiger partial charge in [-0.1, -0.05) is 0 Å². The van der Waals surface area contributed by atoms with E-state index in [1.807, 2.05) is 36.0 Å². The van der Waals surface area contributed by atoms with Gasteiger partial charge in [0.2, 0.25) is 0 Å². The molecule has 3 aromatic heterocycles. The van der Waals surface area contributed by atoms with Crippen molar-refractivity contribution in [2.75, 3.05) is 14.1 Å². The van der Waals surface area contributed by atoms with Crippen LogP contribution in [0.25, 0.3) is 22.4 Å². The molecule has 3 aromatic rings. The van der Waals surface area contributed by atoms with Gasteiger partial charge >= 0.3 is 0 Å². The molecule has 0 aliphatic carbocycles. The minimum atomic E-state index is -0.144. The molecule has 3 rings (SSSR count). The van der Waals surface area contributed by atoms with Crippen LogP contribution in [-0.4, -0.2) is 34.5 Å². The van der Waals surface area contributed by atoms with E-state index in [4.69, 9.17) is 4.42 Å². The standard InChI is InChI=1S/C15H15N3O2/c1-17(2)15(19)13-5-4-12(20-13)10-6-8-16-14-11(10)7-9-18(14)3/h4-9H,1-3H3. The Morgan fingerprint density at radius 1 is 1.25 bits per heavy atom. The molecule has 0 fully saturated rings. The van der Waals surface area contributed by atoms with Gasteiger partial charge in [0, 0.05) is 44.5 Å². The average molecular weight is 269 g/mol. The third-order valence-electron chi connectivity index (χ3n) is 3.26. The Balaban J connectivity index is 2.10. The van der Waals surface area contributed by atoms with E-state index < -0.39 is 0 Å². The summed E-state index contributed by atoms with van der Waals surface area (Å²) in [5.41, 5.74) is 1.83. The van der Waals surface area contributed by atoms with Crippen molar-refractivity contribution in [3.63, 3.8) is 0 Å². The third kappa shape index (κ3) is 1.87. The molecule has 0 unspecified atom stereocenters. The van der Waals surface area contributed by atoms with E-state index in [1.54, 1.807) is 26.4 Å². The molecule has 0 spiro atoms. The highest BCUT2D eigenvalue weighted by atomic mass is 16.4. The second-order valence-electron chi connectivity index (χ2n) is 4.89. The lowest BCUT2D eigenvalue weighted by molar-refractivity contribution is 0.0797. The molecule has 0 saturated carbocycles. The van der Waals surface area contributed by atoms with Gasteiger partial charge in [0.15, 0.2) is 5.76 Å². The summed E-state index contributed by atoms with van der Waals surface area (Å²) in [6, 6.07) is 7.41. The zero-order valence-electron chi connectivity index (χ0n) is 11.6. The van der Waals surface area contributed by atoms with E-state index in [2.05, 4.69) is 4.98 Å². The molecule has 20 heavy (non-hydrogen) atoms. The van der Waals surface area contributed by atoms with E-state index in [0.29, 0.717) is 11.5 Å². The zero-order chi connectivity index (χ0) is 14.3. The number of pyridine rings is 1. The maximum atomic E-state index is 11.9. The Labute approximate surface area is 116 Å². The predicted octanol–water partition coefficient (Wildman–Crippen LogP) is 2.54. The summed E-state index contributed by atoms with van der Waals surface area (Å²) in [7, 11) is 5.35. The minimum Gasteiger partial charge on any atom is -0.451 e. The number of carbonyl (C=O) groups excluding carboxylic acids is 1. The van der Waals surface area contributed by atoms with Crippen molar-refractivity contribution in [1.82, 2.24) is 14.5 Å². The monoisotopic (exact) mass is 269 g/mol. The van der Waals surface area contributed by atoms with Crippen LogP contribution in [-0.2, 0) is 7.05 Å². The molecular weight excluding hydrogens is 254 g/mol. The van der Waals surface area contributed by atoms with Crippen molar-refractivity contribution in [2.45, 2.75) is 0 Å². The first kappa shape index (κ1) is 12.5. The second-order valence-corrected chi connectivity index (χ2v) is 4.89. The number of fused-ring (bicyclic) bond motifs is 1. The van der Waals surface area contributed by atoms with E-state index in [1.165, 1.54) is 4.90 Å². The van der Waals surface area contributed by atoms with Gasteiger partial charge < -0.3 is 13.9 Å². The Hall–Kier alpha value is -2.56. The number of rotatable bonds is 2. The maximum absolute atomic E-state index is 11.9. The molecule has 102 valence electrons. The first-order valence-electron chi connectivity index (χ1n) is 6.30. The summed E-state index contributed by atoms with van der Waals surface area (Å²) in [5.74, 6) is 0.870. The summed E-state index contributed by atoms with van der Waals surface area (Å²) in [6.45, 7) is 0. The fourth-order valence-corrected chi connectivity index (χ4v) is 2.20. The zero-order valence-corrected chi connectivity index (χ0v) is 11.6. The van der Waals surface area contributed by atoms with Crippen molar-refractivity contribution < 1.29 is 9.21 Å². The van der Waals surface area contributed by atoms with Gasteiger partial charge in [0.1, 0.15) is 11.4 Å². The van der Waals surface area contributed by atoms with Gasteiger partial charge in [-0.25, -0.2) is 4.98 Å². The van der Waals surface area contributed by atoms with E-state index in [0.717, 1.165) is 16.6 Å². The number of aromatic nitrogens is 2. The maximum Gasteiger partial charge on any atom is 0.289 e. The Morgan fingerprint density at radius 2 is 2.05 bits per heavy atom. The number of amides is 1. The van der Waals surface area contributed by atoms with E-state index >= 15 is 0 Å². The molecule has 5 nitrogen and oxygen atoms in total. The molecular formula is C15H15N3O2. The number of hydrogen-bond acceptors (Lipinski definition) is 3. The number of aryl methyl sites for hydroxylation is 1. The largest absolute Gasteiger partial charge is 0.451 e. The normalized spacial score (nSPS) is 10.9. The third-order valence-corrected chi connectivity index (χ3v) is 3.26. The Kier molecular flexibility index (Phi) is 2.82. The topological polar surface area (TPSA) is 51.3 Å². The molecule has 0 saturated heterocycles. The Morgan fingerprint density at radius 3 is 2.80 bits per heavy atom. The molecule has 0 aromatic carbocycles. The lowest BCUT2D eigenvalue weighted by Gasteiger charge is -2.06. The van der Waals surface area contributed by atoms with Crippen LogP contribution >= 0.6 is 0 Å². The van der Waals surface area contributed by atoms with E-state index in [-0.39, 0.29) is 5.91 Å². The number of furan rings is 1. The van der Waals surface area contributed by atoms with Gasteiger partial charge in [0.05, 0.1) is 0 Å². The van der Waals surface area contributed by atoms with Crippen molar-refractivity contribution >= 4 is 16.9 Å². The van der Waals surface area contributed by atoms with Gasteiger partial charge in [0.25, 0.3) is 5.91 Å². The first-order chi connectivity index (χ1) is 9.58. The summed E-state index contributed by atoms with van der Waals surface area (Å²) >= 11 is 0. The van der Waals surface area contributed by atoms with Crippen molar-refractivity contribution in [2.24, 2.45) is 7.05 Å². The van der Waals surface area contributed by atoms with Gasteiger partial charge in [-0.3, -0.25) is 4.79 Å². The van der Waals surface area contributed by atoms with Crippen molar-refractivity contribution in [3.05, 3.63) is 42.4 Å². The lowest BCUT2D eigenvalue weighted by atomic mass is 10.1. The van der Waals surface area contributed by atoms with Gasteiger partial charge in [-0.05, 0) is 24.3 Å². The molecule has 0 aliphatic rings. The summed E-state index contributed by atoms with van der Waals surface area (Å²) < 4.78 is 7.63. The quantitative estimate of drug-likeness (QED) is 0.718. The van der Waals surface area contributed by atoms with Crippen LogP contribution in [0.1, 0.15) is 10.6 Å². The lowest BCUT2D eigenvalue weighted by Crippen LogP contribution is -2.20. The smallest absolute Gasteiger partial charge is 0.289 e. The van der Waals surface area contributed by atoms with Crippen LogP contribution < -0.4 is 0 Å². The number of hydrogen-bond donors (Lipinski definition) is 0. The molecule has 5 heteroatoms. The van der Waals surface area contributed by atoms with Crippen LogP contribution in [0.4, 0.5) is 0 Å². The summed E-state index contributed by atoms with van der Waals surface area (Å²) in [4.78, 5) is 17.7. The first-order valence-corrected chi connectivity index (χ1v) is 6.30. The molecule has 0 bridgehead atoms. The Bertz CT molecular complexity index is 783. The summed E-state index contributed by atoms with van der Waals surface area (Å²) in [6.07, 6.45) is 3.70. The molecule has 0 radical (unpaired) electrons. The second kappa shape index (κ2) is 4.52. The van der Waals surface area contributed by atoms with E-state index in [9.17, 15) is 4.79 Å². The molecule has 3 heterocycles. The highest BCUT2D eigenvalue weighted by Crippen LogP contribution is 2.29. The van der Waals surface area contributed by atoms with Crippen molar-refractivity contribution in [1.29, 1.82) is 0 Å². The number of nitrogens with zero attached hydrogens (tertiary/aromatic N) is 3. The van der Waals surface area contributed by atoms with Crippen LogP contribution in [0.5, 0.6) is 0 Å². The molecule has 1 amide bonds. The highest BCUT2D eigenvalue weighted by molar-refractivity contribution is 5.94. The van der Waals surface area contributed by atoms with Crippen molar-refractivity contribution in [3.8, 4) is 11.3 Å². The average Bonchev–Trinajstić information content (AvgIpc) is 3.05. The van der Waals surface area contributed by atoms with Gasteiger partial charge in [-0.2, -0.15) is 0 Å². The highest BCUT2D eigenvalue weighted by Gasteiger charge is 2.15. The fourth-order valence-electron chi connectivity index (χ4n) is 2.20. The van der Waals surface area contributed by atoms with Crippen LogP contribution in [0.3, 0.4) is 0 Å². The van der Waals surface area contributed by atoms with Crippen LogP contribution in [0.15, 0.2) is 41.1 Å². The van der Waals surface area contributed by atoms with Crippen LogP contribution in [0.2, 0.25) is 0 Å². The van der Waals surface area contributed by atoms with Gasteiger partial charge in [-0.15, -0.1) is 0 Å². The molecule has 0 aliphatic heterocycles. The molecule has 0 atom stereocenters. The summed E-state index contributed by atoms with van der Waals surface area (Å²) in [5, 5.41) is 1.01. The van der Waals surface area contributed by atoms with Crippen LogP contribution in [0, 0.1) is 0 Å². The minimum absolute atomic E-state index is 0.144. The predicted molar refractivity (Wildman–Crippen MR) is 76.4 cm³/mol. The number of carbonyl (C=O) groups is 1. The fraction of sp³-hybridized carbons (Fsp3) is 0.200. The molecule has 0 N–H and O–H groups in total.